The highest BCUT2D eigenvalue weighted by Gasteiger charge is 2.69. The van der Waals surface area contributed by atoms with Crippen LogP contribution in [0.15, 0.2) is 182 Å². The minimum atomic E-state index is -1.60. The number of hydrogen-bond acceptors (Lipinski definition) is 2. The molecule has 4 heteroatoms. The van der Waals surface area contributed by atoms with Crippen molar-refractivity contribution in [1.82, 2.24) is 9.80 Å². The van der Waals surface area contributed by atoms with Gasteiger partial charge in [-0.1, -0.05) is 170 Å². The fourth-order valence-corrected chi connectivity index (χ4v) is 11.1. The number of benzene rings is 10. The molecule has 0 N–H and O–H groups in total. The molecule has 0 saturated carbocycles. The quantitative estimate of drug-likeness (QED) is 0.102. The van der Waals surface area contributed by atoms with Crippen molar-refractivity contribution in [2.75, 3.05) is 14.1 Å². The average molecular weight is 745 g/mol. The first-order valence-corrected chi connectivity index (χ1v) is 19.9. The van der Waals surface area contributed by atoms with Crippen molar-refractivity contribution in [3.63, 3.8) is 0 Å². The van der Waals surface area contributed by atoms with Crippen molar-refractivity contribution in [3.05, 3.63) is 204 Å². The molecule has 0 unspecified atom stereocenters. The normalized spacial score (nSPS) is 19.0. The van der Waals surface area contributed by atoms with E-state index in [2.05, 4.69) is 121 Å². The Morgan fingerprint density at radius 2 is 0.793 bits per heavy atom. The van der Waals surface area contributed by atoms with Gasteiger partial charge in [0.05, 0.1) is 0 Å². The highest BCUT2D eigenvalue weighted by atomic mass is 16.2. The Hall–Kier alpha value is -7.30. The molecule has 4 nitrogen and oxygen atoms in total. The maximum absolute atomic E-state index is 15.5. The van der Waals surface area contributed by atoms with Crippen LogP contribution in [0.3, 0.4) is 0 Å². The van der Waals surface area contributed by atoms with Gasteiger partial charge < -0.3 is 9.80 Å². The maximum atomic E-state index is 15.5. The molecule has 2 amide bonds. The molecule has 10 aromatic rings. The van der Waals surface area contributed by atoms with Crippen LogP contribution in [0.4, 0.5) is 0 Å². The molecule has 58 heavy (non-hydrogen) atoms. The van der Waals surface area contributed by atoms with Crippen LogP contribution in [0.2, 0.25) is 0 Å². The third-order valence-corrected chi connectivity index (χ3v) is 13.4. The van der Waals surface area contributed by atoms with Gasteiger partial charge >= 0.3 is 0 Å². The van der Waals surface area contributed by atoms with Gasteiger partial charge in [-0.3, -0.25) is 9.59 Å². The smallest absolute Gasteiger partial charge is 0.249 e. The Morgan fingerprint density at radius 1 is 0.379 bits per heavy atom. The molecule has 3 aliphatic rings. The molecule has 3 heterocycles. The van der Waals surface area contributed by atoms with Gasteiger partial charge in [-0.15, -0.1) is 0 Å². The average Bonchev–Trinajstić information content (AvgIpc) is 3.28. The van der Waals surface area contributed by atoms with Gasteiger partial charge in [0.15, 0.2) is 11.1 Å². The van der Waals surface area contributed by atoms with Crippen LogP contribution in [0.1, 0.15) is 22.3 Å². The molecule has 0 aromatic heterocycles. The summed E-state index contributed by atoms with van der Waals surface area (Å²) in [5.41, 5.74) is 4.78. The number of likely N-dealkylation sites (N-methyl/N-ethyl adjacent to an activating group) is 2. The van der Waals surface area contributed by atoms with Gasteiger partial charge in [0.25, 0.3) is 0 Å². The number of carbonyl (C=O) groups is 2. The second kappa shape index (κ2) is 11.6. The summed E-state index contributed by atoms with van der Waals surface area (Å²) in [6.07, 6.45) is 0. The van der Waals surface area contributed by atoms with E-state index >= 15 is 9.59 Å². The van der Waals surface area contributed by atoms with E-state index in [4.69, 9.17) is 0 Å². The fourth-order valence-electron chi connectivity index (χ4n) is 11.1. The number of amides is 2. The van der Waals surface area contributed by atoms with Crippen molar-refractivity contribution < 1.29 is 9.59 Å². The summed E-state index contributed by atoms with van der Waals surface area (Å²) < 4.78 is 0. The largest absolute Gasteiger partial charge is 0.313 e. The van der Waals surface area contributed by atoms with Crippen molar-refractivity contribution in [1.29, 1.82) is 0 Å². The zero-order chi connectivity index (χ0) is 38.9. The Kier molecular flexibility index (Phi) is 6.59. The lowest BCUT2D eigenvalue weighted by Gasteiger charge is -2.62. The SMILES string of the molecule is CN1C(=O)C2(c3ccccc3)C(=O)N(C)C1(c1ccccc1)c1cc3c(-c4ccccc4)c4c5cccc6ccc7cccc(c4c(-c4ccccc4)c3cc12)c7c65. The van der Waals surface area contributed by atoms with E-state index in [0.717, 1.165) is 55.1 Å². The Bertz CT molecular complexity index is 3320. The predicted octanol–water partition coefficient (Wildman–Crippen LogP) is 11.7. The van der Waals surface area contributed by atoms with Gasteiger partial charge in [-0.25, -0.2) is 0 Å². The van der Waals surface area contributed by atoms with E-state index in [1.54, 1.807) is 0 Å². The first-order chi connectivity index (χ1) is 28.5. The van der Waals surface area contributed by atoms with E-state index in [1.165, 1.54) is 37.7 Å². The van der Waals surface area contributed by atoms with Crippen LogP contribution in [0, 0.1) is 0 Å². The first kappa shape index (κ1) is 32.9. The Balaban J connectivity index is 1.41. The van der Waals surface area contributed by atoms with Crippen LogP contribution >= 0.6 is 0 Å². The standard InChI is InChI=1S/C54H36N2O2/c1-55-51(57)53(37-23-11-5-12-24-37)43-31-41-42(32-44(43)54(55,56(2)52(53)58)38-25-13-6-14-26-38)48(34-19-9-4-10-20-34)50-40-28-16-22-36-30-29-35-21-15-27-39(45(35)46(36)40)49(50)47(41)33-17-7-3-8-18-33/h3-32H,1-2H3. The topological polar surface area (TPSA) is 40.6 Å². The molecule has 13 rings (SSSR count). The second-order valence-corrected chi connectivity index (χ2v) is 15.9. The van der Waals surface area contributed by atoms with Crippen LogP contribution in [-0.4, -0.2) is 35.7 Å². The molecular formula is C54H36N2O2. The molecule has 0 radical (unpaired) electrons. The third kappa shape index (κ3) is 3.85. The van der Waals surface area contributed by atoms with Crippen LogP contribution in [0.25, 0.3) is 76.1 Å². The monoisotopic (exact) mass is 744 g/mol. The van der Waals surface area contributed by atoms with Gasteiger partial charge in [0, 0.05) is 25.2 Å². The number of carbonyl (C=O) groups excluding carboxylic acids is 2. The Morgan fingerprint density at radius 3 is 1.26 bits per heavy atom. The lowest BCUT2D eigenvalue weighted by atomic mass is 9.60. The number of nitrogens with zero attached hydrogens (tertiary/aromatic N) is 2. The van der Waals surface area contributed by atoms with E-state index in [1.807, 2.05) is 84.6 Å². The third-order valence-electron chi connectivity index (χ3n) is 13.4. The number of rotatable bonds is 4. The summed E-state index contributed by atoms with van der Waals surface area (Å²) in [6, 6.07) is 63.5. The van der Waals surface area contributed by atoms with Crippen molar-refractivity contribution in [2.45, 2.75) is 11.1 Å². The zero-order valence-corrected chi connectivity index (χ0v) is 32.0. The van der Waals surface area contributed by atoms with E-state index < -0.39 is 11.1 Å². The minimum absolute atomic E-state index is 0.231. The van der Waals surface area contributed by atoms with Crippen LogP contribution < -0.4 is 0 Å². The highest BCUT2D eigenvalue weighted by molar-refractivity contribution is 6.41. The summed E-state index contributed by atoms with van der Waals surface area (Å²) in [4.78, 5) is 34.6. The van der Waals surface area contributed by atoms with Crippen molar-refractivity contribution in [2.24, 2.45) is 0 Å². The molecule has 10 aromatic carbocycles. The molecule has 2 bridgehead atoms. The lowest BCUT2D eigenvalue weighted by molar-refractivity contribution is -0.176. The minimum Gasteiger partial charge on any atom is -0.313 e. The molecule has 274 valence electrons. The van der Waals surface area contributed by atoms with E-state index in [9.17, 15) is 0 Å². The van der Waals surface area contributed by atoms with Crippen LogP contribution in [0.5, 0.6) is 0 Å². The molecule has 1 fully saturated rings. The van der Waals surface area contributed by atoms with E-state index in [-0.39, 0.29) is 11.8 Å². The fraction of sp³-hybridized carbons (Fsp3) is 0.0741. The summed E-state index contributed by atoms with van der Waals surface area (Å²) in [5.74, 6) is -0.462. The molecular weight excluding hydrogens is 709 g/mol. The highest BCUT2D eigenvalue weighted by Crippen LogP contribution is 2.60. The lowest BCUT2D eigenvalue weighted by Crippen LogP contribution is -2.77. The maximum Gasteiger partial charge on any atom is 0.249 e. The number of fused-ring (bicyclic) bond motifs is 6. The molecule has 3 aliphatic heterocycles. The first-order valence-electron chi connectivity index (χ1n) is 19.9. The summed E-state index contributed by atoms with van der Waals surface area (Å²) in [7, 11) is 3.73. The molecule has 0 atom stereocenters. The molecule has 0 spiro atoms. The van der Waals surface area contributed by atoms with Gasteiger partial charge in [-0.05, 0) is 99.4 Å². The molecule has 1 saturated heterocycles. The predicted molar refractivity (Wildman–Crippen MR) is 236 cm³/mol. The van der Waals surface area contributed by atoms with Crippen molar-refractivity contribution in [3.8, 4) is 22.3 Å². The second-order valence-electron chi connectivity index (χ2n) is 15.9. The summed E-state index contributed by atoms with van der Waals surface area (Å²) >= 11 is 0. The van der Waals surface area contributed by atoms with Crippen molar-refractivity contribution >= 4 is 65.7 Å². The number of hydrogen-bond donors (Lipinski definition) is 0. The zero-order valence-electron chi connectivity index (χ0n) is 32.0. The molecule has 0 aliphatic carbocycles. The Labute approximate surface area is 335 Å². The summed E-state index contributed by atoms with van der Waals surface area (Å²) in [6.45, 7) is 0. The van der Waals surface area contributed by atoms with E-state index in [0.29, 0.717) is 5.56 Å². The summed E-state index contributed by atoms with van der Waals surface area (Å²) in [5, 5.41) is 11.7. The van der Waals surface area contributed by atoms with Crippen LogP contribution in [-0.2, 0) is 20.7 Å². The van der Waals surface area contributed by atoms with Gasteiger partial charge in [0.1, 0.15) is 0 Å². The van der Waals surface area contributed by atoms with Gasteiger partial charge in [0.2, 0.25) is 11.8 Å². The van der Waals surface area contributed by atoms with Gasteiger partial charge in [-0.2, -0.15) is 0 Å².